The van der Waals surface area contributed by atoms with Crippen LogP contribution >= 0.6 is 0 Å². The number of aromatic nitrogens is 1. The normalized spacial score (nSPS) is 11.4. The number of aliphatic imine (C=N–C) groups is 1. The van der Waals surface area contributed by atoms with Crippen LogP contribution in [0.4, 0.5) is 5.69 Å². The van der Waals surface area contributed by atoms with Gasteiger partial charge in [-0.05, 0) is 87.2 Å². The maximum Gasteiger partial charge on any atom is 0.258 e. The number of hydrogen-bond acceptors (Lipinski definition) is 4. The third-order valence-electron chi connectivity index (χ3n) is 5.85. The molecule has 192 valence electrons. The number of nitrogens with one attached hydrogen (secondary N) is 3. The van der Waals surface area contributed by atoms with Crippen LogP contribution in [0.1, 0.15) is 40.9 Å². The van der Waals surface area contributed by atoms with Crippen LogP contribution in [0.15, 0.2) is 71.9 Å². The number of benzene rings is 3. The minimum absolute atomic E-state index is 0.285. The Balaban J connectivity index is 1.56. The third-order valence-corrected chi connectivity index (χ3v) is 5.85. The predicted octanol–water partition coefficient (Wildman–Crippen LogP) is 6.02. The minimum Gasteiger partial charge on any atom is -0.490 e. The van der Waals surface area contributed by atoms with Crippen molar-refractivity contribution in [2.75, 3.05) is 25.1 Å². The van der Waals surface area contributed by atoms with Gasteiger partial charge in [0.2, 0.25) is 5.96 Å². The third kappa shape index (κ3) is 6.70. The number of hydrogen-bond donors (Lipinski definition) is 3. The molecule has 7 nitrogen and oxygen atoms in total. The number of rotatable bonds is 9. The molecule has 0 unspecified atom stereocenters. The number of H-pyrrole nitrogens is 1. The Morgan fingerprint density at radius 3 is 2.41 bits per heavy atom. The van der Waals surface area contributed by atoms with E-state index >= 15 is 0 Å². The molecule has 37 heavy (non-hydrogen) atoms. The van der Waals surface area contributed by atoms with E-state index in [-0.39, 0.29) is 5.91 Å². The van der Waals surface area contributed by atoms with Crippen LogP contribution in [-0.2, 0) is 6.42 Å². The monoisotopic (exact) mass is 498 g/mol. The summed E-state index contributed by atoms with van der Waals surface area (Å²) in [4.78, 5) is 21.3. The molecule has 0 bridgehead atoms. The second kappa shape index (κ2) is 12.1. The summed E-state index contributed by atoms with van der Waals surface area (Å²) < 4.78 is 11.3. The molecular formula is C30H34N4O3. The van der Waals surface area contributed by atoms with Gasteiger partial charge in [-0.2, -0.15) is 0 Å². The highest BCUT2D eigenvalue weighted by Gasteiger charge is 2.14. The molecule has 1 aromatic heterocycles. The largest absolute Gasteiger partial charge is 0.490 e. The number of nitrogens with zero attached hydrogens (tertiary/aromatic N) is 1. The number of fused-ring (bicyclic) bond motifs is 1. The first-order valence-electron chi connectivity index (χ1n) is 12.6. The average molecular weight is 499 g/mol. The second-order valence-corrected chi connectivity index (χ2v) is 8.82. The molecule has 4 rings (SSSR count). The first-order chi connectivity index (χ1) is 18.0. The van der Waals surface area contributed by atoms with Gasteiger partial charge in [-0.3, -0.25) is 15.1 Å². The van der Waals surface area contributed by atoms with Crippen molar-refractivity contribution in [2.24, 2.45) is 4.99 Å². The van der Waals surface area contributed by atoms with Gasteiger partial charge in [0.1, 0.15) is 0 Å². The van der Waals surface area contributed by atoms with Crippen molar-refractivity contribution in [1.82, 2.24) is 10.3 Å². The first-order valence-corrected chi connectivity index (χ1v) is 12.6. The van der Waals surface area contributed by atoms with E-state index in [1.165, 1.54) is 10.9 Å². The van der Waals surface area contributed by atoms with E-state index in [4.69, 9.17) is 14.5 Å². The number of carbonyl (C=O) groups is 1. The molecule has 1 amide bonds. The lowest BCUT2D eigenvalue weighted by Gasteiger charge is -2.15. The molecule has 4 aromatic rings. The van der Waals surface area contributed by atoms with Crippen LogP contribution in [0.25, 0.3) is 10.9 Å². The Morgan fingerprint density at radius 2 is 1.65 bits per heavy atom. The van der Waals surface area contributed by atoms with E-state index < -0.39 is 0 Å². The van der Waals surface area contributed by atoms with Gasteiger partial charge in [0.25, 0.3) is 5.91 Å². The Bertz CT molecular complexity index is 1390. The van der Waals surface area contributed by atoms with Crippen LogP contribution in [0, 0.1) is 13.8 Å². The van der Waals surface area contributed by atoms with Crippen molar-refractivity contribution in [3.05, 3.63) is 89.1 Å². The van der Waals surface area contributed by atoms with Crippen LogP contribution in [0.3, 0.4) is 0 Å². The summed E-state index contributed by atoms with van der Waals surface area (Å²) in [6, 6.07) is 19.5. The summed E-state index contributed by atoms with van der Waals surface area (Å²) in [5.74, 6) is 1.26. The lowest BCUT2D eigenvalue weighted by molar-refractivity contribution is 0.0976. The zero-order valence-electron chi connectivity index (χ0n) is 21.9. The van der Waals surface area contributed by atoms with E-state index in [0.29, 0.717) is 42.8 Å². The van der Waals surface area contributed by atoms with Crippen molar-refractivity contribution >= 4 is 28.5 Å². The van der Waals surface area contributed by atoms with Crippen molar-refractivity contribution in [3.8, 4) is 11.5 Å². The van der Waals surface area contributed by atoms with Crippen LogP contribution in [0.2, 0.25) is 0 Å². The van der Waals surface area contributed by atoms with Gasteiger partial charge in [-0.25, -0.2) is 0 Å². The summed E-state index contributed by atoms with van der Waals surface area (Å²) in [6.45, 7) is 9.38. The summed E-state index contributed by atoms with van der Waals surface area (Å²) >= 11 is 0. The Hall–Kier alpha value is -4.26. The lowest BCUT2D eigenvalue weighted by Crippen LogP contribution is -2.36. The van der Waals surface area contributed by atoms with Gasteiger partial charge in [0, 0.05) is 34.9 Å². The van der Waals surface area contributed by atoms with Crippen molar-refractivity contribution in [3.63, 3.8) is 0 Å². The van der Waals surface area contributed by atoms with E-state index in [9.17, 15) is 4.79 Å². The van der Waals surface area contributed by atoms with Gasteiger partial charge >= 0.3 is 0 Å². The summed E-state index contributed by atoms with van der Waals surface area (Å²) in [5, 5.41) is 7.44. The van der Waals surface area contributed by atoms with Gasteiger partial charge in [0.05, 0.1) is 13.2 Å². The lowest BCUT2D eigenvalue weighted by atomic mass is 10.1. The minimum atomic E-state index is -0.285. The highest BCUT2D eigenvalue weighted by Crippen LogP contribution is 2.28. The SMILES string of the molecule is CCOc1ccc(C(=O)NC(=NCCc2c[nH]c3ccccc23)Nc2cc(C)cc(C)c2)cc1OCC. The molecule has 3 aromatic carbocycles. The molecule has 0 atom stereocenters. The van der Waals surface area contributed by atoms with E-state index in [1.54, 1.807) is 18.2 Å². The molecule has 0 aliphatic rings. The first kappa shape index (κ1) is 25.8. The Morgan fingerprint density at radius 1 is 0.919 bits per heavy atom. The van der Waals surface area contributed by atoms with E-state index in [1.807, 2.05) is 58.2 Å². The molecule has 0 saturated heterocycles. The van der Waals surface area contributed by atoms with Crippen molar-refractivity contribution < 1.29 is 14.3 Å². The number of guanidine groups is 1. The molecule has 0 fully saturated rings. The number of aryl methyl sites for hydroxylation is 2. The summed E-state index contributed by atoms with van der Waals surface area (Å²) in [6.07, 6.45) is 2.75. The fourth-order valence-electron chi connectivity index (χ4n) is 4.29. The van der Waals surface area contributed by atoms with Crippen LogP contribution < -0.4 is 20.1 Å². The maximum absolute atomic E-state index is 13.2. The molecule has 0 aliphatic carbocycles. The molecule has 0 saturated carbocycles. The van der Waals surface area contributed by atoms with Crippen LogP contribution in [0.5, 0.6) is 11.5 Å². The number of ether oxygens (including phenoxy) is 2. The number of anilines is 1. The fourth-order valence-corrected chi connectivity index (χ4v) is 4.29. The van der Waals surface area contributed by atoms with Gasteiger partial charge in [0.15, 0.2) is 11.5 Å². The summed E-state index contributed by atoms with van der Waals surface area (Å²) in [7, 11) is 0. The molecule has 0 radical (unpaired) electrons. The average Bonchev–Trinajstić information content (AvgIpc) is 3.28. The zero-order valence-corrected chi connectivity index (χ0v) is 21.9. The van der Waals surface area contributed by atoms with Gasteiger partial charge in [-0.1, -0.05) is 24.3 Å². The number of amides is 1. The quantitative estimate of drug-likeness (QED) is 0.194. The van der Waals surface area contributed by atoms with Gasteiger partial charge < -0.3 is 19.8 Å². The second-order valence-electron chi connectivity index (χ2n) is 8.82. The topological polar surface area (TPSA) is 87.7 Å². The zero-order chi connectivity index (χ0) is 26.2. The van der Waals surface area contributed by atoms with E-state index in [0.717, 1.165) is 28.8 Å². The number of carbonyl (C=O) groups excluding carboxylic acids is 1. The molecule has 1 heterocycles. The highest BCUT2D eigenvalue weighted by molar-refractivity contribution is 6.10. The number of para-hydroxylation sites is 1. The molecule has 0 spiro atoms. The summed E-state index contributed by atoms with van der Waals surface area (Å²) in [5.41, 5.74) is 5.86. The Kier molecular flexibility index (Phi) is 8.46. The smallest absolute Gasteiger partial charge is 0.258 e. The number of aromatic amines is 1. The maximum atomic E-state index is 13.2. The van der Waals surface area contributed by atoms with Crippen molar-refractivity contribution in [2.45, 2.75) is 34.1 Å². The Labute approximate surface area is 217 Å². The molecule has 0 aliphatic heterocycles. The molecule has 7 heteroatoms. The van der Waals surface area contributed by atoms with Crippen LogP contribution in [-0.4, -0.2) is 36.6 Å². The fraction of sp³-hybridized carbons (Fsp3) is 0.267. The van der Waals surface area contributed by atoms with E-state index in [2.05, 4.69) is 33.8 Å². The predicted molar refractivity (Wildman–Crippen MR) is 150 cm³/mol. The molecule has 3 N–H and O–H groups in total. The van der Waals surface area contributed by atoms with Crippen molar-refractivity contribution in [1.29, 1.82) is 0 Å². The van der Waals surface area contributed by atoms with Gasteiger partial charge in [-0.15, -0.1) is 0 Å². The standard InChI is InChI=1S/C30H34N4O3/c1-5-36-27-12-11-22(18-28(27)37-6-2)29(35)34-30(33-24-16-20(3)15-21(4)17-24)31-14-13-23-19-32-26-10-8-7-9-25(23)26/h7-12,15-19,32H,5-6,13-14H2,1-4H3,(H2,31,33,34,35). The highest BCUT2D eigenvalue weighted by atomic mass is 16.5. The molecular weight excluding hydrogens is 464 g/mol.